The number of benzene rings is 1. The van der Waals surface area contributed by atoms with Crippen LogP contribution in [0.2, 0.25) is 5.02 Å². The van der Waals surface area contributed by atoms with Crippen LogP contribution in [0.5, 0.6) is 0 Å². The van der Waals surface area contributed by atoms with Crippen molar-refractivity contribution in [1.82, 2.24) is 10.2 Å². The minimum atomic E-state index is -0.478. The minimum Gasteiger partial charge on any atom is -0.335 e. The van der Waals surface area contributed by atoms with E-state index in [9.17, 15) is 4.39 Å². The first kappa shape index (κ1) is 13.2. The average molecular weight is 277 g/mol. The second kappa shape index (κ2) is 5.21. The molecule has 0 aliphatic carbocycles. The van der Waals surface area contributed by atoms with Crippen molar-refractivity contribution >= 4 is 23.1 Å². The zero-order valence-electron chi connectivity index (χ0n) is 10.3. The summed E-state index contributed by atoms with van der Waals surface area (Å²) >= 11 is 5.81. The van der Waals surface area contributed by atoms with Crippen molar-refractivity contribution in [3.8, 4) is 6.07 Å². The second-order valence-corrected chi connectivity index (χ2v) is 4.43. The van der Waals surface area contributed by atoms with Gasteiger partial charge >= 0.3 is 0 Å². The molecule has 0 atom stereocenters. The van der Waals surface area contributed by atoms with E-state index in [2.05, 4.69) is 15.5 Å². The Bertz CT molecular complexity index is 679. The molecule has 0 saturated heterocycles. The van der Waals surface area contributed by atoms with Crippen LogP contribution >= 0.6 is 11.6 Å². The van der Waals surface area contributed by atoms with Crippen molar-refractivity contribution < 1.29 is 4.39 Å². The highest BCUT2D eigenvalue weighted by molar-refractivity contribution is 6.30. The molecule has 0 fully saturated rings. The van der Waals surface area contributed by atoms with Gasteiger partial charge in [-0.3, -0.25) is 0 Å². The van der Waals surface area contributed by atoms with Crippen LogP contribution in [0.4, 0.5) is 15.9 Å². The fraction of sp³-hybridized carbons (Fsp3) is 0.154. The molecule has 0 spiro atoms. The van der Waals surface area contributed by atoms with E-state index in [1.165, 1.54) is 18.2 Å². The average Bonchev–Trinajstić information content (AvgIpc) is 2.38. The predicted octanol–water partition coefficient (Wildman–Crippen LogP) is 3.50. The minimum absolute atomic E-state index is 0.154. The number of anilines is 2. The highest BCUT2D eigenvalue weighted by atomic mass is 35.5. The monoisotopic (exact) mass is 276 g/mol. The topological polar surface area (TPSA) is 61.6 Å². The maximum Gasteiger partial charge on any atom is 0.171 e. The molecular formula is C13H10ClFN4. The lowest BCUT2D eigenvalue weighted by Gasteiger charge is -2.10. The third kappa shape index (κ3) is 2.64. The van der Waals surface area contributed by atoms with Gasteiger partial charge in [0.15, 0.2) is 5.82 Å². The summed E-state index contributed by atoms with van der Waals surface area (Å²) in [6.45, 7) is 3.52. The standard InChI is InChI=1S/C13H10ClFN4/c1-7-8(2)18-19-13(10(7)6-16)17-12-5-9(14)3-4-11(12)15/h3-5H,1-2H3,(H,17,19). The van der Waals surface area contributed by atoms with Gasteiger partial charge in [-0.1, -0.05) is 11.6 Å². The Hall–Kier alpha value is -2.19. The molecule has 0 amide bonds. The summed E-state index contributed by atoms with van der Waals surface area (Å²) in [4.78, 5) is 0. The maximum atomic E-state index is 13.6. The molecule has 4 nitrogen and oxygen atoms in total. The van der Waals surface area contributed by atoms with E-state index >= 15 is 0 Å². The molecule has 0 aliphatic rings. The zero-order chi connectivity index (χ0) is 14.0. The van der Waals surface area contributed by atoms with Crippen molar-refractivity contribution in [2.45, 2.75) is 13.8 Å². The molecule has 19 heavy (non-hydrogen) atoms. The van der Waals surface area contributed by atoms with Gasteiger partial charge in [-0.25, -0.2) is 4.39 Å². The van der Waals surface area contributed by atoms with E-state index in [0.717, 1.165) is 0 Å². The van der Waals surface area contributed by atoms with Gasteiger partial charge in [0, 0.05) is 5.02 Å². The van der Waals surface area contributed by atoms with E-state index in [0.29, 0.717) is 21.8 Å². The molecule has 0 aliphatic heterocycles. The second-order valence-electron chi connectivity index (χ2n) is 3.99. The number of aromatic nitrogens is 2. The molecule has 2 aromatic rings. The molecule has 6 heteroatoms. The zero-order valence-corrected chi connectivity index (χ0v) is 11.1. The first-order chi connectivity index (χ1) is 9.02. The van der Waals surface area contributed by atoms with Crippen molar-refractivity contribution in [2.75, 3.05) is 5.32 Å². The molecule has 0 unspecified atom stereocenters. The molecule has 2 rings (SSSR count). The van der Waals surface area contributed by atoms with Crippen LogP contribution in [0.1, 0.15) is 16.8 Å². The Kier molecular flexibility index (Phi) is 3.63. The van der Waals surface area contributed by atoms with E-state index in [1.807, 2.05) is 6.07 Å². The van der Waals surface area contributed by atoms with E-state index in [1.54, 1.807) is 13.8 Å². The molecule has 1 heterocycles. The van der Waals surface area contributed by atoms with Gasteiger partial charge in [-0.2, -0.15) is 10.4 Å². The lowest BCUT2D eigenvalue weighted by atomic mass is 10.1. The van der Waals surface area contributed by atoms with Crippen LogP contribution in [0.25, 0.3) is 0 Å². The number of nitrogens with zero attached hydrogens (tertiary/aromatic N) is 3. The van der Waals surface area contributed by atoms with Crippen LogP contribution in [-0.4, -0.2) is 10.2 Å². The Balaban J connectivity index is 2.47. The van der Waals surface area contributed by atoms with E-state index < -0.39 is 5.82 Å². The summed E-state index contributed by atoms with van der Waals surface area (Å²) < 4.78 is 13.6. The third-order valence-corrected chi connectivity index (χ3v) is 2.98. The highest BCUT2D eigenvalue weighted by Crippen LogP contribution is 2.25. The lowest BCUT2D eigenvalue weighted by Crippen LogP contribution is -2.04. The van der Waals surface area contributed by atoms with Gasteiger partial charge in [0.25, 0.3) is 0 Å². The van der Waals surface area contributed by atoms with E-state index in [4.69, 9.17) is 16.9 Å². The first-order valence-corrected chi connectivity index (χ1v) is 5.86. The summed E-state index contributed by atoms with van der Waals surface area (Å²) in [5.41, 5.74) is 1.87. The molecule has 1 aromatic heterocycles. The van der Waals surface area contributed by atoms with Crippen molar-refractivity contribution in [2.24, 2.45) is 0 Å². The van der Waals surface area contributed by atoms with Crippen LogP contribution in [0, 0.1) is 31.0 Å². The van der Waals surface area contributed by atoms with Gasteiger partial charge < -0.3 is 5.32 Å². The maximum absolute atomic E-state index is 13.6. The molecule has 1 aromatic carbocycles. The normalized spacial score (nSPS) is 10.1. The number of nitrogens with one attached hydrogen (secondary N) is 1. The Morgan fingerprint density at radius 1 is 1.32 bits per heavy atom. The number of nitriles is 1. The van der Waals surface area contributed by atoms with Crippen molar-refractivity contribution in [1.29, 1.82) is 5.26 Å². The van der Waals surface area contributed by atoms with Crippen LogP contribution in [0.3, 0.4) is 0 Å². The summed E-state index contributed by atoms with van der Waals surface area (Å²) in [7, 11) is 0. The van der Waals surface area contributed by atoms with E-state index in [-0.39, 0.29) is 11.5 Å². The van der Waals surface area contributed by atoms with Crippen molar-refractivity contribution in [3.63, 3.8) is 0 Å². The number of halogens is 2. The molecule has 96 valence electrons. The first-order valence-electron chi connectivity index (χ1n) is 5.49. The molecule has 0 bridgehead atoms. The number of rotatable bonds is 2. The fourth-order valence-electron chi connectivity index (χ4n) is 1.55. The smallest absolute Gasteiger partial charge is 0.171 e. The van der Waals surface area contributed by atoms with Gasteiger partial charge in [-0.15, -0.1) is 5.10 Å². The van der Waals surface area contributed by atoms with Crippen LogP contribution in [0.15, 0.2) is 18.2 Å². The molecular weight excluding hydrogens is 267 g/mol. The lowest BCUT2D eigenvalue weighted by molar-refractivity contribution is 0.631. The predicted molar refractivity (Wildman–Crippen MR) is 70.9 cm³/mol. The molecule has 0 saturated carbocycles. The van der Waals surface area contributed by atoms with Crippen LogP contribution < -0.4 is 5.32 Å². The van der Waals surface area contributed by atoms with Gasteiger partial charge in [-0.05, 0) is 37.6 Å². The largest absolute Gasteiger partial charge is 0.335 e. The van der Waals surface area contributed by atoms with Crippen molar-refractivity contribution in [3.05, 3.63) is 45.9 Å². The summed E-state index contributed by atoms with van der Waals surface area (Å²) in [5, 5.41) is 20.1. The summed E-state index contributed by atoms with van der Waals surface area (Å²) in [6.07, 6.45) is 0. The number of hydrogen-bond acceptors (Lipinski definition) is 4. The third-order valence-electron chi connectivity index (χ3n) is 2.75. The van der Waals surface area contributed by atoms with Crippen LogP contribution in [-0.2, 0) is 0 Å². The van der Waals surface area contributed by atoms with Gasteiger partial charge in [0.1, 0.15) is 17.4 Å². The Labute approximate surface area is 114 Å². The SMILES string of the molecule is Cc1nnc(Nc2cc(Cl)ccc2F)c(C#N)c1C. The Morgan fingerprint density at radius 3 is 2.74 bits per heavy atom. The van der Waals surface area contributed by atoms with Gasteiger partial charge in [0.05, 0.1) is 11.4 Å². The summed E-state index contributed by atoms with van der Waals surface area (Å²) in [6, 6.07) is 6.15. The summed E-state index contributed by atoms with van der Waals surface area (Å²) in [5.74, 6) is -0.264. The Morgan fingerprint density at radius 2 is 2.05 bits per heavy atom. The van der Waals surface area contributed by atoms with Gasteiger partial charge in [0.2, 0.25) is 0 Å². The highest BCUT2D eigenvalue weighted by Gasteiger charge is 2.12. The molecule has 0 radical (unpaired) electrons. The fourth-order valence-corrected chi connectivity index (χ4v) is 1.73. The quantitative estimate of drug-likeness (QED) is 0.912. The number of aryl methyl sites for hydroxylation is 1. The molecule has 1 N–H and O–H groups in total. The number of hydrogen-bond donors (Lipinski definition) is 1.